The first-order valence-electron chi connectivity index (χ1n) is 8.45. The van der Waals surface area contributed by atoms with Gasteiger partial charge in [-0.1, -0.05) is 24.3 Å². The van der Waals surface area contributed by atoms with Gasteiger partial charge in [-0.3, -0.25) is 0 Å². The molecule has 0 fully saturated rings. The zero-order valence-corrected chi connectivity index (χ0v) is 14.6. The Balaban J connectivity index is 1.94. The molecular weight excluding hydrogens is 336 g/mol. The van der Waals surface area contributed by atoms with E-state index < -0.39 is 6.11 Å². The van der Waals surface area contributed by atoms with E-state index in [4.69, 9.17) is 14.7 Å². The lowest BCUT2D eigenvalue weighted by atomic mass is 10.2. The van der Waals surface area contributed by atoms with Gasteiger partial charge in [0.25, 0.3) is 0 Å². The molecule has 0 N–H and O–H groups in total. The lowest BCUT2D eigenvalue weighted by Crippen LogP contribution is -2.21. The van der Waals surface area contributed by atoms with Crippen molar-refractivity contribution in [3.8, 4) is 17.6 Å². The van der Waals surface area contributed by atoms with Crippen LogP contribution in [-0.2, 0) is 6.11 Å². The maximum atomic E-state index is 14.3. The summed E-state index contributed by atoms with van der Waals surface area (Å²) in [6.45, 7) is 2.34. The van der Waals surface area contributed by atoms with E-state index in [2.05, 4.69) is 6.07 Å². The van der Waals surface area contributed by atoms with E-state index in [1.165, 1.54) is 36.4 Å². The number of alkyl halides is 2. The molecule has 2 aromatic rings. The molecule has 0 aromatic heterocycles. The van der Waals surface area contributed by atoms with Gasteiger partial charge in [0.15, 0.2) is 0 Å². The summed E-state index contributed by atoms with van der Waals surface area (Å²) < 4.78 is 38.9. The van der Waals surface area contributed by atoms with Crippen molar-refractivity contribution in [2.24, 2.45) is 0 Å². The van der Waals surface area contributed by atoms with Crippen LogP contribution in [0.1, 0.15) is 37.3 Å². The van der Waals surface area contributed by atoms with Crippen molar-refractivity contribution in [1.82, 2.24) is 0 Å². The summed E-state index contributed by atoms with van der Waals surface area (Å²) in [4.78, 5) is 0. The average Bonchev–Trinajstić information content (AvgIpc) is 2.64. The van der Waals surface area contributed by atoms with Crippen molar-refractivity contribution in [1.29, 1.82) is 5.26 Å². The van der Waals surface area contributed by atoms with Crippen molar-refractivity contribution < 1.29 is 18.3 Å². The van der Waals surface area contributed by atoms with E-state index in [1.54, 1.807) is 12.1 Å². The Labute approximate surface area is 152 Å². The van der Waals surface area contributed by atoms with Crippen LogP contribution in [0.2, 0.25) is 0 Å². The lowest BCUT2D eigenvalue weighted by molar-refractivity contribution is -0.185. The monoisotopic (exact) mass is 357 g/mol. The number of ether oxygens (including phenoxy) is 2. The van der Waals surface area contributed by atoms with Crippen LogP contribution in [-0.4, -0.2) is 6.61 Å². The molecule has 0 spiro atoms. The largest absolute Gasteiger partial charge is 0.494 e. The molecule has 0 amide bonds. The molecule has 0 heterocycles. The van der Waals surface area contributed by atoms with E-state index >= 15 is 0 Å². The normalized spacial score (nSPS) is 11.3. The SMILES string of the molecule is C/C=C/c1ccc(OC(F)(F)c2ccc(OCCCCC#N)cc2)cc1. The summed E-state index contributed by atoms with van der Waals surface area (Å²) >= 11 is 0. The van der Waals surface area contributed by atoms with E-state index in [1.807, 2.05) is 19.1 Å². The summed E-state index contributed by atoms with van der Waals surface area (Å²) in [6, 6.07) is 14.1. The molecule has 0 unspecified atom stereocenters. The highest BCUT2D eigenvalue weighted by atomic mass is 19.3. The molecule has 136 valence electrons. The Hall–Kier alpha value is -2.87. The Bertz CT molecular complexity index is 747. The van der Waals surface area contributed by atoms with Gasteiger partial charge in [0.05, 0.1) is 18.2 Å². The second kappa shape index (κ2) is 9.57. The molecule has 2 rings (SSSR count). The Morgan fingerprint density at radius 2 is 1.65 bits per heavy atom. The fourth-order valence-corrected chi connectivity index (χ4v) is 2.29. The van der Waals surface area contributed by atoms with Gasteiger partial charge in [-0.15, -0.1) is 0 Å². The van der Waals surface area contributed by atoms with Crippen molar-refractivity contribution in [2.75, 3.05) is 6.61 Å². The number of hydrogen-bond acceptors (Lipinski definition) is 3. The highest BCUT2D eigenvalue weighted by Gasteiger charge is 2.34. The number of rotatable bonds is 9. The van der Waals surface area contributed by atoms with Crippen LogP contribution in [0.3, 0.4) is 0 Å². The van der Waals surface area contributed by atoms with Crippen molar-refractivity contribution in [2.45, 2.75) is 32.3 Å². The highest BCUT2D eigenvalue weighted by molar-refractivity contribution is 5.50. The zero-order valence-electron chi connectivity index (χ0n) is 14.6. The molecular formula is C21H21F2NO2. The third-order valence-electron chi connectivity index (χ3n) is 3.63. The summed E-state index contributed by atoms with van der Waals surface area (Å²) in [5.74, 6) is 0.610. The van der Waals surface area contributed by atoms with Gasteiger partial charge in [-0.05, 0) is 61.7 Å². The third-order valence-corrected chi connectivity index (χ3v) is 3.63. The number of unbranched alkanes of at least 4 members (excludes halogenated alkanes) is 2. The van der Waals surface area contributed by atoms with E-state index in [9.17, 15) is 8.78 Å². The molecule has 2 aromatic carbocycles. The van der Waals surface area contributed by atoms with Crippen LogP contribution < -0.4 is 9.47 Å². The van der Waals surface area contributed by atoms with Crippen LogP contribution in [0.25, 0.3) is 6.08 Å². The Morgan fingerprint density at radius 3 is 2.27 bits per heavy atom. The number of allylic oxidation sites excluding steroid dienone is 1. The first-order chi connectivity index (χ1) is 12.5. The molecule has 0 bridgehead atoms. The van der Waals surface area contributed by atoms with Gasteiger partial charge in [-0.2, -0.15) is 14.0 Å². The zero-order chi connectivity index (χ0) is 18.8. The quantitative estimate of drug-likeness (QED) is 0.523. The molecule has 26 heavy (non-hydrogen) atoms. The lowest BCUT2D eigenvalue weighted by Gasteiger charge is -2.18. The third kappa shape index (κ3) is 5.89. The maximum Gasteiger partial charge on any atom is 0.426 e. The van der Waals surface area contributed by atoms with Crippen LogP contribution in [0.15, 0.2) is 54.6 Å². The van der Waals surface area contributed by atoms with Crippen LogP contribution in [0.5, 0.6) is 11.5 Å². The molecule has 0 atom stereocenters. The second-order valence-electron chi connectivity index (χ2n) is 5.68. The minimum Gasteiger partial charge on any atom is -0.494 e. The van der Waals surface area contributed by atoms with Gasteiger partial charge in [0, 0.05) is 6.42 Å². The summed E-state index contributed by atoms with van der Waals surface area (Å²) in [7, 11) is 0. The minimum absolute atomic E-state index is 0.0982. The Morgan fingerprint density at radius 1 is 1.00 bits per heavy atom. The number of nitrogens with zero attached hydrogens (tertiary/aromatic N) is 1. The first-order valence-corrected chi connectivity index (χ1v) is 8.45. The van der Waals surface area contributed by atoms with Crippen LogP contribution in [0, 0.1) is 11.3 Å². The summed E-state index contributed by atoms with van der Waals surface area (Å²) in [5.41, 5.74) is 0.672. The van der Waals surface area contributed by atoms with Crippen LogP contribution >= 0.6 is 0 Å². The molecule has 0 saturated carbocycles. The second-order valence-corrected chi connectivity index (χ2v) is 5.68. The van der Waals surface area contributed by atoms with Crippen molar-refractivity contribution >= 4 is 6.08 Å². The number of halogens is 2. The highest BCUT2D eigenvalue weighted by Crippen LogP contribution is 2.32. The predicted octanol–water partition coefficient (Wildman–Crippen LogP) is 5.92. The molecule has 0 radical (unpaired) electrons. The number of benzene rings is 2. The van der Waals surface area contributed by atoms with E-state index in [-0.39, 0.29) is 11.3 Å². The fourth-order valence-electron chi connectivity index (χ4n) is 2.29. The van der Waals surface area contributed by atoms with Crippen LogP contribution in [0.4, 0.5) is 8.78 Å². The topological polar surface area (TPSA) is 42.2 Å². The number of nitriles is 1. The standard InChI is InChI=1S/C21H21F2NO2/c1-2-6-17-7-11-20(12-8-17)26-21(22,23)18-9-13-19(14-10-18)25-16-5-3-4-15-24/h2,6-14H,3-5,16H2,1H3/b6-2+. The first kappa shape index (κ1) is 19.5. The van der Waals surface area contributed by atoms with Gasteiger partial charge < -0.3 is 9.47 Å². The molecule has 0 aliphatic rings. The number of hydrogen-bond donors (Lipinski definition) is 0. The summed E-state index contributed by atoms with van der Waals surface area (Å²) in [5, 5.41) is 8.46. The van der Waals surface area contributed by atoms with Gasteiger partial charge in [0.1, 0.15) is 11.5 Å². The summed E-state index contributed by atoms with van der Waals surface area (Å²) in [6.07, 6.45) is 2.30. The van der Waals surface area contributed by atoms with Crippen molar-refractivity contribution in [3.05, 3.63) is 65.7 Å². The van der Waals surface area contributed by atoms with E-state index in [0.29, 0.717) is 18.8 Å². The molecule has 3 nitrogen and oxygen atoms in total. The molecule has 0 aliphatic heterocycles. The van der Waals surface area contributed by atoms with E-state index in [0.717, 1.165) is 18.4 Å². The fraction of sp³-hybridized carbons (Fsp3) is 0.286. The average molecular weight is 357 g/mol. The van der Waals surface area contributed by atoms with Gasteiger partial charge in [0.2, 0.25) is 0 Å². The predicted molar refractivity (Wildman–Crippen MR) is 97.1 cm³/mol. The van der Waals surface area contributed by atoms with Crippen molar-refractivity contribution in [3.63, 3.8) is 0 Å². The minimum atomic E-state index is -3.44. The molecule has 0 aliphatic carbocycles. The maximum absolute atomic E-state index is 14.3. The van der Waals surface area contributed by atoms with Gasteiger partial charge in [-0.25, -0.2) is 0 Å². The Kier molecular flexibility index (Phi) is 7.16. The molecule has 5 heteroatoms. The van der Waals surface area contributed by atoms with Gasteiger partial charge >= 0.3 is 6.11 Å². The smallest absolute Gasteiger partial charge is 0.426 e. The molecule has 0 saturated heterocycles.